The van der Waals surface area contributed by atoms with Gasteiger partial charge < -0.3 is 4.98 Å². The molecular formula is C15H13N3. The maximum absolute atomic E-state index is 4.45. The average molecular weight is 235 g/mol. The largest absolute Gasteiger partial charge is 0.343 e. The molecule has 0 bridgehead atoms. The van der Waals surface area contributed by atoms with Crippen LogP contribution in [0.1, 0.15) is 11.1 Å². The number of nitrogens with zero attached hydrogens (tertiary/aromatic N) is 2. The van der Waals surface area contributed by atoms with Crippen molar-refractivity contribution in [3.8, 4) is 11.4 Å². The Morgan fingerprint density at radius 3 is 2.67 bits per heavy atom. The van der Waals surface area contributed by atoms with Crippen molar-refractivity contribution in [1.29, 1.82) is 0 Å². The summed E-state index contributed by atoms with van der Waals surface area (Å²) in [5.74, 6) is 0. The number of imidazole rings is 1. The summed E-state index contributed by atoms with van der Waals surface area (Å²) in [5, 5.41) is 0. The summed E-state index contributed by atoms with van der Waals surface area (Å²) in [7, 11) is 0. The fourth-order valence-electron chi connectivity index (χ4n) is 2.02. The number of rotatable bonds is 3. The van der Waals surface area contributed by atoms with E-state index >= 15 is 0 Å². The maximum atomic E-state index is 4.45. The third-order valence-electron chi connectivity index (χ3n) is 2.88. The molecule has 0 fully saturated rings. The van der Waals surface area contributed by atoms with E-state index in [0.29, 0.717) is 0 Å². The molecule has 0 aliphatic heterocycles. The molecule has 0 amide bonds. The van der Waals surface area contributed by atoms with E-state index in [0.717, 1.165) is 17.8 Å². The van der Waals surface area contributed by atoms with Crippen LogP contribution in [0.4, 0.5) is 0 Å². The van der Waals surface area contributed by atoms with E-state index in [1.165, 1.54) is 11.1 Å². The Balaban J connectivity index is 1.98. The zero-order valence-corrected chi connectivity index (χ0v) is 9.88. The van der Waals surface area contributed by atoms with Gasteiger partial charge in [-0.25, -0.2) is 4.98 Å². The van der Waals surface area contributed by atoms with Gasteiger partial charge in [-0.3, -0.25) is 4.98 Å². The van der Waals surface area contributed by atoms with Gasteiger partial charge in [0.15, 0.2) is 0 Å². The van der Waals surface area contributed by atoms with Crippen LogP contribution in [-0.4, -0.2) is 15.0 Å². The molecule has 18 heavy (non-hydrogen) atoms. The van der Waals surface area contributed by atoms with Gasteiger partial charge in [0.1, 0.15) is 0 Å². The van der Waals surface area contributed by atoms with Crippen LogP contribution in [0.15, 0.2) is 61.2 Å². The monoisotopic (exact) mass is 235 g/mol. The van der Waals surface area contributed by atoms with Gasteiger partial charge in [0.05, 0.1) is 23.9 Å². The first-order valence-electron chi connectivity index (χ1n) is 5.90. The first kappa shape index (κ1) is 10.7. The Morgan fingerprint density at radius 2 is 1.89 bits per heavy atom. The molecule has 0 aliphatic rings. The average Bonchev–Trinajstić information content (AvgIpc) is 2.94. The molecule has 0 spiro atoms. The normalized spacial score (nSPS) is 10.4. The molecule has 3 aromatic rings. The highest BCUT2D eigenvalue weighted by atomic mass is 14.9. The maximum Gasteiger partial charge on any atom is 0.0924 e. The van der Waals surface area contributed by atoms with Gasteiger partial charge in [-0.05, 0) is 23.6 Å². The second-order valence-corrected chi connectivity index (χ2v) is 4.14. The van der Waals surface area contributed by atoms with Crippen molar-refractivity contribution in [2.45, 2.75) is 6.42 Å². The van der Waals surface area contributed by atoms with E-state index < -0.39 is 0 Å². The van der Waals surface area contributed by atoms with Gasteiger partial charge >= 0.3 is 0 Å². The molecule has 0 radical (unpaired) electrons. The zero-order chi connectivity index (χ0) is 12.2. The van der Waals surface area contributed by atoms with E-state index in [1.807, 2.05) is 18.3 Å². The molecule has 0 unspecified atom stereocenters. The van der Waals surface area contributed by atoms with Crippen molar-refractivity contribution in [3.05, 3.63) is 72.3 Å². The highest BCUT2D eigenvalue weighted by Crippen LogP contribution is 2.20. The topological polar surface area (TPSA) is 41.6 Å². The second kappa shape index (κ2) is 4.84. The summed E-state index contributed by atoms with van der Waals surface area (Å²) >= 11 is 0. The molecule has 2 heterocycles. The van der Waals surface area contributed by atoms with E-state index in [4.69, 9.17) is 0 Å². The predicted molar refractivity (Wildman–Crippen MR) is 71.1 cm³/mol. The van der Waals surface area contributed by atoms with Crippen molar-refractivity contribution in [2.24, 2.45) is 0 Å². The summed E-state index contributed by atoms with van der Waals surface area (Å²) in [6, 6.07) is 14.5. The highest BCUT2D eigenvalue weighted by molar-refractivity contribution is 5.58. The summed E-state index contributed by atoms with van der Waals surface area (Å²) < 4.78 is 0. The van der Waals surface area contributed by atoms with Crippen LogP contribution >= 0.6 is 0 Å². The molecule has 0 aliphatic carbocycles. The third kappa shape index (κ3) is 2.15. The number of pyridine rings is 1. The first-order valence-corrected chi connectivity index (χ1v) is 5.90. The van der Waals surface area contributed by atoms with Gasteiger partial charge in [-0.1, -0.05) is 36.4 Å². The molecule has 1 aromatic carbocycles. The molecule has 0 atom stereocenters. The van der Waals surface area contributed by atoms with Crippen LogP contribution < -0.4 is 0 Å². The van der Waals surface area contributed by atoms with Crippen molar-refractivity contribution >= 4 is 0 Å². The van der Waals surface area contributed by atoms with E-state index in [-0.39, 0.29) is 0 Å². The van der Waals surface area contributed by atoms with Gasteiger partial charge in [-0.2, -0.15) is 0 Å². The van der Waals surface area contributed by atoms with Crippen molar-refractivity contribution < 1.29 is 0 Å². The Morgan fingerprint density at radius 1 is 1.00 bits per heavy atom. The van der Waals surface area contributed by atoms with Gasteiger partial charge in [0.2, 0.25) is 0 Å². The lowest BCUT2D eigenvalue weighted by Crippen LogP contribution is -1.94. The van der Waals surface area contributed by atoms with Crippen LogP contribution in [-0.2, 0) is 6.42 Å². The molecule has 0 saturated heterocycles. The Hall–Kier alpha value is -2.42. The minimum absolute atomic E-state index is 0.878. The Bertz CT molecular complexity index is 615. The zero-order valence-electron chi connectivity index (χ0n) is 9.88. The summed E-state index contributed by atoms with van der Waals surface area (Å²) in [4.78, 5) is 11.6. The van der Waals surface area contributed by atoms with Gasteiger partial charge in [0.25, 0.3) is 0 Å². The molecule has 3 nitrogen and oxygen atoms in total. The van der Waals surface area contributed by atoms with E-state index in [2.05, 4.69) is 45.3 Å². The van der Waals surface area contributed by atoms with Gasteiger partial charge in [-0.15, -0.1) is 0 Å². The van der Waals surface area contributed by atoms with Crippen LogP contribution in [0.3, 0.4) is 0 Å². The number of hydrogen-bond donors (Lipinski definition) is 1. The molecule has 88 valence electrons. The van der Waals surface area contributed by atoms with E-state index in [9.17, 15) is 0 Å². The van der Waals surface area contributed by atoms with Crippen LogP contribution in [0.5, 0.6) is 0 Å². The number of hydrogen-bond acceptors (Lipinski definition) is 2. The highest BCUT2D eigenvalue weighted by Gasteiger charge is 2.07. The number of H-pyrrole nitrogens is 1. The minimum atomic E-state index is 0.878. The number of aromatic nitrogens is 3. The van der Waals surface area contributed by atoms with Crippen LogP contribution in [0.2, 0.25) is 0 Å². The molecular weight excluding hydrogens is 222 g/mol. The molecule has 1 N–H and O–H groups in total. The summed E-state index contributed by atoms with van der Waals surface area (Å²) in [6.45, 7) is 0. The van der Waals surface area contributed by atoms with E-state index in [1.54, 1.807) is 12.5 Å². The van der Waals surface area contributed by atoms with Crippen molar-refractivity contribution in [3.63, 3.8) is 0 Å². The quantitative estimate of drug-likeness (QED) is 0.758. The van der Waals surface area contributed by atoms with Crippen LogP contribution in [0.25, 0.3) is 11.4 Å². The SMILES string of the molecule is c1ccc(Cc2cccnc2-c2cnc[nH]2)cc1. The molecule has 2 aromatic heterocycles. The standard InChI is InChI=1S/C15H13N3/c1-2-5-12(6-3-1)9-13-7-4-8-17-15(13)14-10-16-11-18-14/h1-8,10-11H,9H2,(H,16,18). The third-order valence-corrected chi connectivity index (χ3v) is 2.88. The van der Waals surface area contributed by atoms with Crippen LogP contribution in [0, 0.1) is 0 Å². The minimum Gasteiger partial charge on any atom is -0.343 e. The first-order chi connectivity index (χ1) is 8.93. The fourth-order valence-corrected chi connectivity index (χ4v) is 2.02. The number of nitrogens with one attached hydrogen (secondary N) is 1. The summed E-state index contributed by atoms with van der Waals surface area (Å²) in [6.07, 6.45) is 6.17. The molecule has 3 heteroatoms. The number of aromatic amines is 1. The predicted octanol–water partition coefficient (Wildman–Crippen LogP) is 3.06. The Kier molecular flexibility index (Phi) is 2.88. The van der Waals surface area contributed by atoms with Crippen molar-refractivity contribution in [2.75, 3.05) is 0 Å². The smallest absolute Gasteiger partial charge is 0.0924 e. The molecule has 3 rings (SSSR count). The Labute approximate surface area is 106 Å². The fraction of sp³-hybridized carbons (Fsp3) is 0.0667. The lowest BCUT2D eigenvalue weighted by atomic mass is 10.0. The lowest BCUT2D eigenvalue weighted by Gasteiger charge is -2.06. The molecule has 0 saturated carbocycles. The van der Waals surface area contributed by atoms with Gasteiger partial charge in [0, 0.05) is 6.20 Å². The lowest BCUT2D eigenvalue weighted by molar-refractivity contribution is 1.14. The second-order valence-electron chi connectivity index (χ2n) is 4.14. The number of benzene rings is 1. The summed E-state index contributed by atoms with van der Waals surface area (Å²) in [5.41, 5.74) is 4.42. The van der Waals surface area contributed by atoms with Crippen molar-refractivity contribution in [1.82, 2.24) is 15.0 Å².